The van der Waals surface area contributed by atoms with Crippen LogP contribution in [-0.4, -0.2) is 42.2 Å². The summed E-state index contributed by atoms with van der Waals surface area (Å²) in [6, 6.07) is 0. The van der Waals surface area contributed by atoms with E-state index in [1.165, 1.54) is 19.3 Å². The monoisotopic (exact) mass is 242 g/mol. The molecule has 17 heavy (non-hydrogen) atoms. The molecule has 1 amide bonds. The first-order valence-electron chi connectivity index (χ1n) is 6.76. The predicted octanol–water partition coefficient (Wildman–Crippen LogP) is 1.13. The maximum atomic E-state index is 12.2. The van der Waals surface area contributed by atoms with Gasteiger partial charge in [0, 0.05) is 19.5 Å². The van der Waals surface area contributed by atoms with Crippen LogP contribution in [0.25, 0.3) is 0 Å². The fourth-order valence-corrected chi connectivity index (χ4v) is 2.77. The second kappa shape index (κ2) is 6.97. The zero-order valence-electron chi connectivity index (χ0n) is 11.0. The lowest BCUT2D eigenvalue weighted by atomic mass is 9.71. The van der Waals surface area contributed by atoms with E-state index in [1.54, 1.807) is 4.90 Å². The van der Waals surface area contributed by atoms with Crippen LogP contribution in [0.3, 0.4) is 0 Å². The number of hydrogen-bond acceptors (Lipinski definition) is 3. The lowest BCUT2D eigenvalue weighted by molar-refractivity contribution is -0.134. The molecule has 3 N–H and O–H groups in total. The molecule has 0 spiro atoms. The predicted molar refractivity (Wildman–Crippen MR) is 68.5 cm³/mol. The molecule has 100 valence electrons. The molecule has 4 heteroatoms. The number of aliphatic hydroxyl groups excluding tert-OH is 1. The Morgan fingerprint density at radius 3 is 2.47 bits per heavy atom. The standard InChI is InChI=1S/C13H26N2O2/c1-2-15(8-9-16)12(17)10-13(11-14)6-4-3-5-7-13/h16H,2-11,14H2,1H3. The molecule has 4 nitrogen and oxygen atoms in total. The van der Waals surface area contributed by atoms with Crippen LogP contribution >= 0.6 is 0 Å². The highest BCUT2D eigenvalue weighted by Gasteiger charge is 2.34. The summed E-state index contributed by atoms with van der Waals surface area (Å²) in [6.07, 6.45) is 6.35. The Bertz CT molecular complexity index is 238. The van der Waals surface area contributed by atoms with Crippen LogP contribution in [0.2, 0.25) is 0 Å². The number of nitrogens with two attached hydrogens (primary N) is 1. The fraction of sp³-hybridized carbons (Fsp3) is 0.923. The summed E-state index contributed by atoms with van der Waals surface area (Å²) in [5.74, 6) is 0.147. The van der Waals surface area contributed by atoms with Gasteiger partial charge in [0.05, 0.1) is 6.61 Å². The summed E-state index contributed by atoms with van der Waals surface area (Å²) in [6.45, 7) is 3.70. The lowest BCUT2D eigenvalue weighted by Crippen LogP contribution is -2.41. The van der Waals surface area contributed by atoms with E-state index in [-0.39, 0.29) is 17.9 Å². The van der Waals surface area contributed by atoms with Crippen molar-refractivity contribution < 1.29 is 9.90 Å². The Balaban J connectivity index is 2.57. The molecule has 0 aromatic carbocycles. The summed E-state index contributed by atoms with van der Waals surface area (Å²) in [7, 11) is 0. The summed E-state index contributed by atoms with van der Waals surface area (Å²) in [5.41, 5.74) is 5.91. The largest absolute Gasteiger partial charge is 0.395 e. The van der Waals surface area contributed by atoms with Gasteiger partial charge in [-0.25, -0.2) is 0 Å². The molecule has 0 heterocycles. The van der Waals surface area contributed by atoms with Crippen molar-refractivity contribution in [2.75, 3.05) is 26.2 Å². The normalized spacial score (nSPS) is 19.0. The molecule has 0 unspecified atom stereocenters. The molecule has 0 atom stereocenters. The number of carbonyl (C=O) groups is 1. The van der Waals surface area contributed by atoms with Crippen LogP contribution in [-0.2, 0) is 4.79 Å². The number of hydrogen-bond donors (Lipinski definition) is 2. The first kappa shape index (κ1) is 14.5. The smallest absolute Gasteiger partial charge is 0.223 e. The van der Waals surface area contributed by atoms with Gasteiger partial charge < -0.3 is 15.7 Å². The van der Waals surface area contributed by atoms with Crippen molar-refractivity contribution in [2.45, 2.75) is 45.4 Å². The lowest BCUT2D eigenvalue weighted by Gasteiger charge is -2.37. The van der Waals surface area contributed by atoms with E-state index in [0.29, 0.717) is 26.1 Å². The average molecular weight is 242 g/mol. The summed E-state index contributed by atoms with van der Waals surface area (Å²) in [4.78, 5) is 13.9. The van der Waals surface area contributed by atoms with E-state index in [2.05, 4.69) is 0 Å². The minimum Gasteiger partial charge on any atom is -0.395 e. The highest BCUT2D eigenvalue weighted by atomic mass is 16.3. The number of likely N-dealkylation sites (N-methyl/N-ethyl adjacent to an activating group) is 1. The molecule has 1 aliphatic rings. The molecule has 0 aliphatic heterocycles. The van der Waals surface area contributed by atoms with Crippen molar-refractivity contribution in [3.8, 4) is 0 Å². The minimum absolute atomic E-state index is 0.0260. The van der Waals surface area contributed by atoms with Gasteiger partial charge in [-0.3, -0.25) is 4.79 Å². The van der Waals surface area contributed by atoms with E-state index in [4.69, 9.17) is 10.8 Å². The summed E-state index contributed by atoms with van der Waals surface area (Å²) < 4.78 is 0. The van der Waals surface area contributed by atoms with Gasteiger partial charge in [0.2, 0.25) is 5.91 Å². The highest BCUT2D eigenvalue weighted by molar-refractivity contribution is 5.77. The van der Waals surface area contributed by atoms with Gasteiger partial charge in [0.15, 0.2) is 0 Å². The van der Waals surface area contributed by atoms with E-state index in [1.807, 2.05) is 6.92 Å². The maximum absolute atomic E-state index is 12.2. The molecule has 0 saturated heterocycles. The zero-order valence-corrected chi connectivity index (χ0v) is 11.0. The first-order valence-corrected chi connectivity index (χ1v) is 6.76. The molecule has 1 rings (SSSR count). The van der Waals surface area contributed by atoms with Gasteiger partial charge >= 0.3 is 0 Å². The summed E-state index contributed by atoms with van der Waals surface area (Å²) >= 11 is 0. The Kier molecular flexibility index (Phi) is 5.92. The third-order valence-electron chi connectivity index (χ3n) is 3.98. The fourth-order valence-electron chi connectivity index (χ4n) is 2.77. The number of aliphatic hydroxyl groups is 1. The third-order valence-corrected chi connectivity index (χ3v) is 3.98. The molecule has 0 aromatic heterocycles. The second-order valence-electron chi connectivity index (χ2n) is 5.14. The van der Waals surface area contributed by atoms with Gasteiger partial charge in [-0.1, -0.05) is 19.3 Å². The van der Waals surface area contributed by atoms with Gasteiger partial charge in [0.25, 0.3) is 0 Å². The highest BCUT2D eigenvalue weighted by Crippen LogP contribution is 2.38. The van der Waals surface area contributed by atoms with Crippen molar-refractivity contribution in [1.29, 1.82) is 0 Å². The maximum Gasteiger partial charge on any atom is 0.223 e. The number of rotatable bonds is 6. The van der Waals surface area contributed by atoms with Gasteiger partial charge in [0.1, 0.15) is 0 Å². The van der Waals surface area contributed by atoms with Crippen LogP contribution in [0.1, 0.15) is 45.4 Å². The minimum atomic E-state index is 0.0260. The summed E-state index contributed by atoms with van der Waals surface area (Å²) in [5, 5.41) is 8.93. The van der Waals surface area contributed by atoms with Crippen LogP contribution in [0.15, 0.2) is 0 Å². The number of nitrogens with zero attached hydrogens (tertiary/aromatic N) is 1. The molecule has 0 radical (unpaired) electrons. The molecular weight excluding hydrogens is 216 g/mol. The molecule has 1 aliphatic carbocycles. The van der Waals surface area contributed by atoms with Crippen molar-refractivity contribution in [2.24, 2.45) is 11.1 Å². The second-order valence-corrected chi connectivity index (χ2v) is 5.14. The van der Waals surface area contributed by atoms with Gasteiger partial charge in [-0.05, 0) is 31.7 Å². The van der Waals surface area contributed by atoms with Crippen LogP contribution in [0.4, 0.5) is 0 Å². The zero-order chi connectivity index (χ0) is 12.7. The van der Waals surface area contributed by atoms with Crippen LogP contribution < -0.4 is 5.73 Å². The first-order chi connectivity index (χ1) is 8.17. The average Bonchev–Trinajstić information content (AvgIpc) is 2.36. The topological polar surface area (TPSA) is 66.6 Å². The van der Waals surface area contributed by atoms with E-state index in [9.17, 15) is 4.79 Å². The third kappa shape index (κ3) is 3.96. The quantitative estimate of drug-likeness (QED) is 0.733. The van der Waals surface area contributed by atoms with E-state index in [0.717, 1.165) is 12.8 Å². The van der Waals surface area contributed by atoms with Crippen LogP contribution in [0.5, 0.6) is 0 Å². The van der Waals surface area contributed by atoms with Crippen molar-refractivity contribution in [3.05, 3.63) is 0 Å². The van der Waals surface area contributed by atoms with E-state index < -0.39 is 0 Å². The van der Waals surface area contributed by atoms with E-state index >= 15 is 0 Å². The van der Waals surface area contributed by atoms with Gasteiger partial charge in [-0.2, -0.15) is 0 Å². The van der Waals surface area contributed by atoms with Gasteiger partial charge in [-0.15, -0.1) is 0 Å². The number of carbonyl (C=O) groups excluding carboxylic acids is 1. The van der Waals surface area contributed by atoms with Crippen LogP contribution in [0, 0.1) is 5.41 Å². The SMILES string of the molecule is CCN(CCO)C(=O)CC1(CN)CCCCC1. The Labute approximate surface area is 104 Å². The van der Waals surface area contributed by atoms with Crippen molar-refractivity contribution in [1.82, 2.24) is 4.90 Å². The molecular formula is C13H26N2O2. The molecule has 1 fully saturated rings. The molecule has 1 saturated carbocycles. The number of amides is 1. The Morgan fingerprint density at radius 1 is 1.35 bits per heavy atom. The molecule has 0 aromatic rings. The van der Waals surface area contributed by atoms with Crippen molar-refractivity contribution in [3.63, 3.8) is 0 Å². The Hall–Kier alpha value is -0.610. The Morgan fingerprint density at radius 2 is 2.00 bits per heavy atom. The van der Waals surface area contributed by atoms with Crippen molar-refractivity contribution >= 4 is 5.91 Å². The molecule has 0 bridgehead atoms.